The van der Waals surface area contributed by atoms with Crippen LogP contribution in [-0.2, 0) is 9.84 Å². The van der Waals surface area contributed by atoms with Gasteiger partial charge in [0.05, 0.1) is 21.5 Å². The van der Waals surface area contributed by atoms with Crippen LogP contribution < -0.4 is 0 Å². The number of imidazole rings is 1. The molecule has 1 aromatic heterocycles. The summed E-state index contributed by atoms with van der Waals surface area (Å²) < 4.78 is 24.0. The molecule has 0 radical (unpaired) electrons. The molecule has 7 heteroatoms. The van der Waals surface area contributed by atoms with Gasteiger partial charge < -0.3 is 9.88 Å². The van der Waals surface area contributed by atoms with E-state index in [0.29, 0.717) is 13.1 Å². The first-order valence-electron chi connectivity index (χ1n) is 8.96. The van der Waals surface area contributed by atoms with Gasteiger partial charge in [0.1, 0.15) is 5.82 Å². The number of nitrogens with one attached hydrogen (secondary N) is 1. The zero-order chi connectivity index (χ0) is 19.0. The van der Waals surface area contributed by atoms with E-state index in [1.165, 1.54) is 6.07 Å². The average molecular weight is 383 g/mol. The summed E-state index contributed by atoms with van der Waals surface area (Å²) in [5, 5.41) is 0. The highest BCUT2D eigenvalue weighted by atomic mass is 32.2. The third-order valence-electron chi connectivity index (χ3n) is 5.09. The summed E-state index contributed by atoms with van der Waals surface area (Å²) >= 11 is 0. The number of para-hydroxylation sites is 2. The predicted molar refractivity (Wildman–Crippen MR) is 104 cm³/mol. The summed E-state index contributed by atoms with van der Waals surface area (Å²) in [7, 11) is -3.45. The highest BCUT2D eigenvalue weighted by Gasteiger charge is 2.28. The SMILES string of the molecule is CS(=O)(=O)c1ccccc1C(=O)N1CCC(c2nc3ccccc3[nH]2)CC1. The maximum absolute atomic E-state index is 12.9. The van der Waals surface area contributed by atoms with Crippen LogP contribution in [0.15, 0.2) is 53.4 Å². The van der Waals surface area contributed by atoms with E-state index in [4.69, 9.17) is 0 Å². The highest BCUT2D eigenvalue weighted by Crippen LogP contribution is 2.29. The number of benzene rings is 2. The molecule has 6 nitrogen and oxygen atoms in total. The number of H-pyrrole nitrogens is 1. The number of hydrogen-bond acceptors (Lipinski definition) is 4. The number of hydrogen-bond donors (Lipinski definition) is 1. The van der Waals surface area contributed by atoms with Crippen LogP contribution in [-0.4, -0.2) is 48.5 Å². The van der Waals surface area contributed by atoms with E-state index in [1.807, 2.05) is 24.3 Å². The van der Waals surface area contributed by atoms with E-state index in [-0.39, 0.29) is 22.3 Å². The van der Waals surface area contributed by atoms with Crippen molar-refractivity contribution in [2.45, 2.75) is 23.7 Å². The Balaban J connectivity index is 1.50. The lowest BCUT2D eigenvalue weighted by atomic mass is 9.95. The van der Waals surface area contributed by atoms with Crippen LogP contribution in [0.1, 0.15) is 34.9 Å². The van der Waals surface area contributed by atoms with Crippen LogP contribution in [0.4, 0.5) is 0 Å². The summed E-state index contributed by atoms with van der Waals surface area (Å²) in [5.74, 6) is 1.01. The number of amides is 1. The van der Waals surface area contributed by atoms with Crippen LogP contribution in [0.2, 0.25) is 0 Å². The number of likely N-dealkylation sites (tertiary alicyclic amines) is 1. The molecule has 1 fully saturated rings. The fraction of sp³-hybridized carbons (Fsp3) is 0.300. The van der Waals surface area contributed by atoms with Gasteiger partial charge in [0.25, 0.3) is 5.91 Å². The zero-order valence-electron chi connectivity index (χ0n) is 15.1. The van der Waals surface area contributed by atoms with Gasteiger partial charge in [-0.15, -0.1) is 0 Å². The van der Waals surface area contributed by atoms with Crippen molar-refractivity contribution in [3.8, 4) is 0 Å². The van der Waals surface area contributed by atoms with E-state index in [1.54, 1.807) is 23.1 Å². The molecule has 27 heavy (non-hydrogen) atoms. The number of fused-ring (bicyclic) bond motifs is 1. The molecule has 1 saturated heterocycles. The number of aromatic amines is 1. The summed E-state index contributed by atoms with van der Waals surface area (Å²) in [6, 6.07) is 14.3. The number of piperidine rings is 1. The summed E-state index contributed by atoms with van der Waals surface area (Å²) in [6.07, 6.45) is 2.73. The van der Waals surface area contributed by atoms with E-state index in [2.05, 4.69) is 9.97 Å². The molecule has 1 N–H and O–H groups in total. The molecule has 2 aromatic carbocycles. The lowest BCUT2D eigenvalue weighted by molar-refractivity contribution is 0.0707. The van der Waals surface area contributed by atoms with Gasteiger partial charge in [-0.2, -0.15) is 0 Å². The molecule has 1 aliphatic rings. The monoisotopic (exact) mass is 383 g/mol. The Kier molecular flexibility index (Phi) is 4.47. The summed E-state index contributed by atoms with van der Waals surface area (Å²) in [5.41, 5.74) is 2.23. The first-order chi connectivity index (χ1) is 12.9. The molecule has 1 amide bonds. The molecule has 0 atom stereocenters. The normalized spacial score (nSPS) is 16.0. The fourth-order valence-electron chi connectivity index (χ4n) is 3.66. The third kappa shape index (κ3) is 3.47. The molecule has 1 aliphatic heterocycles. The number of carbonyl (C=O) groups is 1. The van der Waals surface area contributed by atoms with Crippen LogP contribution >= 0.6 is 0 Å². The number of sulfone groups is 1. The van der Waals surface area contributed by atoms with E-state index >= 15 is 0 Å². The van der Waals surface area contributed by atoms with Crippen molar-refractivity contribution >= 4 is 26.8 Å². The van der Waals surface area contributed by atoms with Crippen molar-refractivity contribution in [2.24, 2.45) is 0 Å². The molecule has 0 bridgehead atoms. The van der Waals surface area contributed by atoms with Crippen LogP contribution in [0.5, 0.6) is 0 Å². The molecule has 140 valence electrons. The third-order valence-corrected chi connectivity index (χ3v) is 6.25. The minimum atomic E-state index is -3.45. The highest BCUT2D eigenvalue weighted by molar-refractivity contribution is 7.90. The van der Waals surface area contributed by atoms with Gasteiger partial charge >= 0.3 is 0 Å². The van der Waals surface area contributed by atoms with E-state index in [9.17, 15) is 13.2 Å². The Morgan fingerprint density at radius 2 is 1.74 bits per heavy atom. The maximum atomic E-state index is 12.9. The second-order valence-corrected chi connectivity index (χ2v) is 8.96. The standard InChI is InChI=1S/C20H21N3O3S/c1-27(25,26)18-9-5-2-6-15(18)20(24)23-12-10-14(11-13-23)19-21-16-7-3-4-8-17(16)22-19/h2-9,14H,10-13H2,1H3,(H,21,22). The van der Waals surface area contributed by atoms with Gasteiger partial charge in [0.2, 0.25) is 0 Å². The number of aromatic nitrogens is 2. The van der Waals surface area contributed by atoms with E-state index in [0.717, 1.165) is 36.0 Å². The lowest BCUT2D eigenvalue weighted by Gasteiger charge is -2.31. The second-order valence-electron chi connectivity index (χ2n) is 6.97. The van der Waals surface area contributed by atoms with Crippen molar-refractivity contribution < 1.29 is 13.2 Å². The second kappa shape index (κ2) is 6.81. The maximum Gasteiger partial charge on any atom is 0.255 e. The smallest absolute Gasteiger partial charge is 0.255 e. The summed E-state index contributed by atoms with van der Waals surface area (Å²) in [6.45, 7) is 1.16. The molecule has 0 aliphatic carbocycles. The Labute approximate surface area is 158 Å². The lowest BCUT2D eigenvalue weighted by Crippen LogP contribution is -2.38. The van der Waals surface area contributed by atoms with Gasteiger partial charge in [-0.3, -0.25) is 4.79 Å². The minimum absolute atomic E-state index is 0.0920. The quantitative estimate of drug-likeness (QED) is 0.754. The Bertz CT molecular complexity index is 1060. The van der Waals surface area contributed by atoms with Gasteiger partial charge in [-0.05, 0) is 37.1 Å². The average Bonchev–Trinajstić information content (AvgIpc) is 3.11. The van der Waals surface area contributed by atoms with Crippen LogP contribution in [0, 0.1) is 0 Å². The number of carbonyl (C=O) groups excluding carboxylic acids is 1. The Morgan fingerprint density at radius 3 is 2.44 bits per heavy atom. The van der Waals surface area contributed by atoms with Crippen LogP contribution in [0.25, 0.3) is 11.0 Å². The first kappa shape index (κ1) is 17.7. The molecular weight excluding hydrogens is 362 g/mol. The molecule has 2 heterocycles. The molecule has 0 spiro atoms. The van der Waals surface area contributed by atoms with E-state index < -0.39 is 9.84 Å². The molecule has 0 unspecified atom stereocenters. The fourth-order valence-corrected chi connectivity index (χ4v) is 4.54. The number of rotatable bonds is 3. The molecule has 4 rings (SSSR count). The largest absolute Gasteiger partial charge is 0.342 e. The van der Waals surface area contributed by atoms with Crippen molar-refractivity contribution in [1.82, 2.24) is 14.9 Å². The minimum Gasteiger partial charge on any atom is -0.342 e. The molecule has 3 aromatic rings. The predicted octanol–water partition coefficient (Wildman–Crippen LogP) is 2.99. The topological polar surface area (TPSA) is 83.1 Å². The van der Waals surface area contributed by atoms with Crippen molar-refractivity contribution in [3.63, 3.8) is 0 Å². The van der Waals surface area contributed by atoms with Gasteiger partial charge in [0.15, 0.2) is 9.84 Å². The number of nitrogens with zero attached hydrogens (tertiary/aromatic N) is 2. The first-order valence-corrected chi connectivity index (χ1v) is 10.9. The van der Waals surface area contributed by atoms with Crippen LogP contribution in [0.3, 0.4) is 0 Å². The van der Waals surface area contributed by atoms with Crippen molar-refractivity contribution in [1.29, 1.82) is 0 Å². The van der Waals surface area contributed by atoms with Crippen molar-refractivity contribution in [3.05, 3.63) is 59.9 Å². The van der Waals surface area contributed by atoms with Crippen molar-refractivity contribution in [2.75, 3.05) is 19.3 Å². The molecular formula is C20H21N3O3S. The van der Waals surface area contributed by atoms with Gasteiger partial charge in [-0.1, -0.05) is 24.3 Å². The van der Waals surface area contributed by atoms with Gasteiger partial charge in [-0.25, -0.2) is 13.4 Å². The zero-order valence-corrected chi connectivity index (χ0v) is 15.9. The molecule has 0 saturated carbocycles. The van der Waals surface area contributed by atoms with Gasteiger partial charge in [0, 0.05) is 25.3 Å². The summed E-state index contributed by atoms with van der Waals surface area (Å²) in [4.78, 5) is 22.8. The Morgan fingerprint density at radius 1 is 1.07 bits per heavy atom. The Hall–Kier alpha value is -2.67.